The molecule has 0 saturated carbocycles. The molecule has 0 atom stereocenters. The molecule has 0 aliphatic rings. The molecule has 0 spiro atoms. The predicted octanol–water partition coefficient (Wildman–Crippen LogP) is 6.14. The molecule has 0 bridgehead atoms. The van der Waals surface area contributed by atoms with E-state index in [0.29, 0.717) is 11.8 Å². The first kappa shape index (κ1) is 18.9. The van der Waals surface area contributed by atoms with Crippen LogP contribution in [-0.2, 0) is 0 Å². The quantitative estimate of drug-likeness (QED) is 0.360. The van der Waals surface area contributed by atoms with Crippen molar-refractivity contribution in [3.05, 3.63) is 96.6 Å². The molecule has 0 aliphatic carbocycles. The van der Waals surface area contributed by atoms with Gasteiger partial charge in [0.1, 0.15) is 0 Å². The van der Waals surface area contributed by atoms with Gasteiger partial charge in [-0.25, -0.2) is 0 Å². The van der Waals surface area contributed by atoms with Gasteiger partial charge in [0.2, 0.25) is 11.8 Å². The Bertz CT molecular complexity index is 1240. The minimum Gasteiger partial charge on any atom is -0.416 e. The van der Waals surface area contributed by atoms with Crippen molar-refractivity contribution in [3.63, 3.8) is 0 Å². The van der Waals surface area contributed by atoms with Gasteiger partial charge < -0.3 is 4.42 Å². The highest BCUT2D eigenvalue weighted by molar-refractivity contribution is 5.74. The molecule has 5 rings (SSSR count). The van der Waals surface area contributed by atoms with Crippen molar-refractivity contribution in [1.82, 2.24) is 20.2 Å². The lowest BCUT2D eigenvalue weighted by atomic mass is 9.99. The first-order chi connectivity index (χ1) is 15.2. The molecule has 2 aromatic carbocycles. The average molecular weight is 404 g/mol. The topological polar surface area (TPSA) is 64.7 Å². The molecule has 3 heterocycles. The van der Waals surface area contributed by atoms with Gasteiger partial charge in [0.25, 0.3) is 0 Å². The lowest BCUT2D eigenvalue weighted by Gasteiger charge is -2.07. The number of hydrogen-bond donors (Lipinski definition) is 0. The van der Waals surface area contributed by atoms with Gasteiger partial charge in [0, 0.05) is 47.0 Å². The van der Waals surface area contributed by atoms with E-state index < -0.39 is 0 Å². The average Bonchev–Trinajstić information content (AvgIpc) is 3.31. The zero-order valence-corrected chi connectivity index (χ0v) is 17.3. The largest absolute Gasteiger partial charge is 0.416 e. The third kappa shape index (κ3) is 3.73. The van der Waals surface area contributed by atoms with Gasteiger partial charge >= 0.3 is 0 Å². The minimum atomic E-state index is 0.489. The molecule has 31 heavy (non-hydrogen) atoms. The Morgan fingerprint density at radius 3 is 1.48 bits per heavy atom. The van der Waals surface area contributed by atoms with Gasteiger partial charge in [-0.15, -0.1) is 10.2 Å². The van der Waals surface area contributed by atoms with Crippen molar-refractivity contribution in [3.8, 4) is 45.2 Å². The Morgan fingerprint density at radius 2 is 1.06 bits per heavy atom. The number of aromatic nitrogens is 4. The summed E-state index contributed by atoms with van der Waals surface area (Å²) in [7, 11) is 0. The maximum absolute atomic E-state index is 6.06. The highest BCUT2D eigenvalue weighted by Gasteiger charge is 2.14. The summed E-state index contributed by atoms with van der Waals surface area (Å²) < 4.78 is 6.06. The monoisotopic (exact) mass is 404 g/mol. The third-order valence-electron chi connectivity index (χ3n) is 5.34. The smallest absolute Gasteiger partial charge is 0.248 e. The molecular weight excluding hydrogens is 384 g/mol. The Labute approximate surface area is 180 Å². The summed E-state index contributed by atoms with van der Waals surface area (Å²) in [4.78, 5) is 8.47. The van der Waals surface area contributed by atoms with E-state index in [-0.39, 0.29) is 0 Å². The van der Waals surface area contributed by atoms with Gasteiger partial charge in [-0.2, -0.15) is 0 Å². The lowest BCUT2D eigenvalue weighted by molar-refractivity contribution is 0.584. The Kier molecular flexibility index (Phi) is 4.84. The van der Waals surface area contributed by atoms with Gasteiger partial charge in [-0.05, 0) is 72.5 Å². The van der Waals surface area contributed by atoms with Gasteiger partial charge in [-0.3, -0.25) is 9.97 Å². The zero-order chi connectivity index (χ0) is 21.2. The van der Waals surface area contributed by atoms with Crippen LogP contribution in [0.3, 0.4) is 0 Å². The number of pyridine rings is 2. The summed E-state index contributed by atoms with van der Waals surface area (Å²) in [5.74, 6) is 0.979. The molecule has 5 nitrogen and oxygen atoms in total. The Balaban J connectivity index is 1.52. The predicted molar refractivity (Wildman–Crippen MR) is 121 cm³/mol. The maximum atomic E-state index is 6.06. The highest BCUT2D eigenvalue weighted by Crippen LogP contribution is 2.32. The fraction of sp³-hybridized carbons (Fsp3) is 0.0769. The molecule has 0 saturated heterocycles. The van der Waals surface area contributed by atoms with E-state index >= 15 is 0 Å². The molecule has 0 aliphatic heterocycles. The van der Waals surface area contributed by atoms with E-state index in [2.05, 4.69) is 58.3 Å². The molecule has 0 fully saturated rings. The second-order valence-electron chi connectivity index (χ2n) is 7.46. The summed E-state index contributed by atoms with van der Waals surface area (Å²) >= 11 is 0. The van der Waals surface area contributed by atoms with E-state index in [1.807, 2.05) is 48.8 Å². The Hall–Kier alpha value is -4.12. The maximum Gasteiger partial charge on any atom is 0.248 e. The number of rotatable bonds is 4. The van der Waals surface area contributed by atoms with Crippen molar-refractivity contribution in [2.75, 3.05) is 0 Å². The van der Waals surface area contributed by atoms with Crippen molar-refractivity contribution >= 4 is 0 Å². The number of nitrogens with zero attached hydrogens (tertiary/aromatic N) is 4. The van der Waals surface area contributed by atoms with E-state index in [0.717, 1.165) is 44.5 Å². The second kappa shape index (κ2) is 7.95. The van der Waals surface area contributed by atoms with Crippen LogP contribution in [0.5, 0.6) is 0 Å². The molecule has 0 N–H and O–H groups in total. The zero-order valence-electron chi connectivity index (χ0n) is 17.3. The SMILES string of the molecule is Cc1ccc(-c2nnc(-c3ccc(C)c(-c4cccnc4)c3)o2)cc1-c1cccnc1. The van der Waals surface area contributed by atoms with Gasteiger partial charge in [0.15, 0.2) is 0 Å². The molecule has 5 heteroatoms. The van der Waals surface area contributed by atoms with E-state index in [9.17, 15) is 0 Å². The van der Waals surface area contributed by atoms with Crippen LogP contribution in [0, 0.1) is 13.8 Å². The standard InChI is InChI=1S/C26H20N4O/c1-17-7-9-19(13-23(17)21-5-3-11-27-15-21)25-29-30-26(31-25)20-10-8-18(2)24(14-20)22-6-4-12-28-16-22/h3-16H,1-2H3. The van der Waals surface area contributed by atoms with Crippen molar-refractivity contribution < 1.29 is 4.42 Å². The number of hydrogen-bond acceptors (Lipinski definition) is 5. The minimum absolute atomic E-state index is 0.489. The van der Waals surface area contributed by atoms with Crippen LogP contribution in [0.2, 0.25) is 0 Å². The fourth-order valence-corrected chi connectivity index (χ4v) is 3.63. The molecule has 3 aromatic heterocycles. The van der Waals surface area contributed by atoms with Gasteiger partial charge in [-0.1, -0.05) is 24.3 Å². The second-order valence-corrected chi connectivity index (χ2v) is 7.46. The summed E-state index contributed by atoms with van der Waals surface area (Å²) in [5.41, 5.74) is 8.39. The molecule has 5 aromatic rings. The van der Waals surface area contributed by atoms with E-state index in [4.69, 9.17) is 4.42 Å². The van der Waals surface area contributed by atoms with Crippen molar-refractivity contribution in [1.29, 1.82) is 0 Å². The highest BCUT2D eigenvalue weighted by atomic mass is 16.4. The lowest BCUT2D eigenvalue weighted by Crippen LogP contribution is -1.86. The first-order valence-corrected chi connectivity index (χ1v) is 10.1. The summed E-state index contributed by atoms with van der Waals surface area (Å²) in [6, 6.07) is 20.2. The molecule has 0 unspecified atom stereocenters. The summed E-state index contributed by atoms with van der Waals surface area (Å²) in [6.07, 6.45) is 7.26. The molecule has 0 radical (unpaired) electrons. The fourth-order valence-electron chi connectivity index (χ4n) is 3.63. The van der Waals surface area contributed by atoms with Crippen LogP contribution >= 0.6 is 0 Å². The van der Waals surface area contributed by atoms with E-state index in [1.165, 1.54) is 0 Å². The van der Waals surface area contributed by atoms with Crippen LogP contribution in [0.4, 0.5) is 0 Å². The summed E-state index contributed by atoms with van der Waals surface area (Å²) in [5, 5.41) is 8.61. The molecule has 150 valence electrons. The number of benzene rings is 2. The first-order valence-electron chi connectivity index (χ1n) is 10.1. The molecule has 0 amide bonds. The van der Waals surface area contributed by atoms with Crippen LogP contribution in [0.25, 0.3) is 45.2 Å². The third-order valence-corrected chi connectivity index (χ3v) is 5.34. The summed E-state index contributed by atoms with van der Waals surface area (Å²) in [6.45, 7) is 4.16. The molecular formula is C26H20N4O. The number of aryl methyl sites for hydroxylation is 2. The van der Waals surface area contributed by atoms with Gasteiger partial charge in [0.05, 0.1) is 0 Å². The Morgan fingerprint density at radius 1 is 0.581 bits per heavy atom. The van der Waals surface area contributed by atoms with Crippen LogP contribution in [0.15, 0.2) is 89.9 Å². The van der Waals surface area contributed by atoms with Crippen LogP contribution in [-0.4, -0.2) is 20.2 Å². The van der Waals surface area contributed by atoms with Crippen LogP contribution < -0.4 is 0 Å². The van der Waals surface area contributed by atoms with Crippen molar-refractivity contribution in [2.24, 2.45) is 0 Å². The van der Waals surface area contributed by atoms with E-state index in [1.54, 1.807) is 12.4 Å². The van der Waals surface area contributed by atoms with Crippen molar-refractivity contribution in [2.45, 2.75) is 13.8 Å². The van der Waals surface area contributed by atoms with Crippen LogP contribution in [0.1, 0.15) is 11.1 Å². The normalized spacial score (nSPS) is 10.9.